The van der Waals surface area contributed by atoms with Gasteiger partial charge in [-0.15, -0.1) is 0 Å². The molecule has 1 aliphatic rings. The summed E-state index contributed by atoms with van der Waals surface area (Å²) >= 11 is 0. The van der Waals surface area contributed by atoms with E-state index in [2.05, 4.69) is 0 Å². The summed E-state index contributed by atoms with van der Waals surface area (Å²) in [6, 6.07) is 17.5. The minimum absolute atomic E-state index is 0.171. The zero-order chi connectivity index (χ0) is 25.1. The van der Waals surface area contributed by atoms with Crippen LogP contribution in [0.5, 0.6) is 11.5 Å². The fourth-order valence-electron chi connectivity index (χ4n) is 4.00. The summed E-state index contributed by atoms with van der Waals surface area (Å²) in [6.07, 6.45) is 0. The number of ketones is 1. The van der Waals surface area contributed by atoms with Crippen molar-refractivity contribution in [3.63, 3.8) is 0 Å². The number of Topliss-reactive ketones (excluding diaryl/α,β-unsaturated/α-hetero) is 1. The van der Waals surface area contributed by atoms with Gasteiger partial charge in [0.05, 0.1) is 30.3 Å². The third kappa shape index (κ3) is 4.43. The Hall–Kier alpha value is -4.66. The lowest BCUT2D eigenvalue weighted by atomic mass is 9.94. The largest absolute Gasteiger partial charge is 0.507 e. The first kappa shape index (κ1) is 23.5. The molecule has 1 atom stereocenters. The summed E-state index contributed by atoms with van der Waals surface area (Å²) in [7, 11) is 1.50. The number of nitro benzene ring substituents is 1. The maximum atomic E-state index is 13.2. The number of methoxy groups -OCH3 is 1. The van der Waals surface area contributed by atoms with E-state index in [0.29, 0.717) is 34.9 Å². The number of nitro groups is 1. The monoisotopic (exact) mass is 474 g/mol. The van der Waals surface area contributed by atoms with Gasteiger partial charge in [0.1, 0.15) is 17.3 Å². The molecule has 1 N–H and O–H groups in total. The Morgan fingerprint density at radius 2 is 1.69 bits per heavy atom. The van der Waals surface area contributed by atoms with Crippen molar-refractivity contribution in [2.75, 3.05) is 18.6 Å². The van der Waals surface area contributed by atoms with Gasteiger partial charge >= 0.3 is 0 Å². The van der Waals surface area contributed by atoms with Crippen LogP contribution < -0.4 is 14.4 Å². The normalized spacial score (nSPS) is 16.9. The number of anilines is 1. The molecule has 0 aliphatic carbocycles. The van der Waals surface area contributed by atoms with Crippen LogP contribution in [0.4, 0.5) is 11.4 Å². The smallest absolute Gasteiger partial charge is 0.300 e. The molecule has 1 fully saturated rings. The van der Waals surface area contributed by atoms with Crippen molar-refractivity contribution in [2.24, 2.45) is 0 Å². The molecule has 3 aromatic carbocycles. The maximum Gasteiger partial charge on any atom is 0.300 e. The number of aliphatic hydroxyl groups excluding tert-OH is 1. The molecule has 9 nitrogen and oxygen atoms in total. The molecular formula is C26H22N2O7. The van der Waals surface area contributed by atoms with Crippen LogP contribution >= 0.6 is 0 Å². The predicted molar refractivity (Wildman–Crippen MR) is 128 cm³/mol. The number of carbonyl (C=O) groups excluding carboxylic acids is 2. The van der Waals surface area contributed by atoms with E-state index >= 15 is 0 Å². The molecule has 35 heavy (non-hydrogen) atoms. The van der Waals surface area contributed by atoms with Crippen LogP contribution in [0.1, 0.15) is 24.1 Å². The van der Waals surface area contributed by atoms with E-state index in [-0.39, 0.29) is 17.0 Å². The lowest BCUT2D eigenvalue weighted by Gasteiger charge is -2.25. The molecule has 1 aliphatic heterocycles. The number of non-ortho nitro benzene ring substituents is 1. The first-order valence-electron chi connectivity index (χ1n) is 10.8. The summed E-state index contributed by atoms with van der Waals surface area (Å²) in [5.74, 6) is -1.02. The molecule has 0 spiro atoms. The number of aliphatic hydroxyl groups is 1. The second-order valence-electron chi connectivity index (χ2n) is 7.68. The number of hydrogen-bond acceptors (Lipinski definition) is 7. The Morgan fingerprint density at radius 1 is 1.03 bits per heavy atom. The Kier molecular flexibility index (Phi) is 6.50. The fraction of sp³-hybridized carbons (Fsp3) is 0.154. The second kappa shape index (κ2) is 9.68. The maximum absolute atomic E-state index is 13.2. The number of ether oxygens (including phenoxy) is 2. The van der Waals surface area contributed by atoms with Crippen molar-refractivity contribution >= 4 is 28.8 Å². The second-order valence-corrected chi connectivity index (χ2v) is 7.68. The lowest BCUT2D eigenvalue weighted by Crippen LogP contribution is -2.29. The zero-order valence-electron chi connectivity index (χ0n) is 19.0. The highest BCUT2D eigenvalue weighted by atomic mass is 16.6. The molecule has 1 heterocycles. The van der Waals surface area contributed by atoms with Crippen molar-refractivity contribution in [2.45, 2.75) is 13.0 Å². The molecule has 4 rings (SSSR count). The number of carbonyl (C=O) groups is 2. The van der Waals surface area contributed by atoms with Gasteiger partial charge in [0.2, 0.25) is 0 Å². The highest BCUT2D eigenvalue weighted by molar-refractivity contribution is 6.51. The quantitative estimate of drug-likeness (QED) is 0.174. The Morgan fingerprint density at radius 3 is 2.29 bits per heavy atom. The van der Waals surface area contributed by atoms with Gasteiger partial charge < -0.3 is 14.6 Å². The minimum Gasteiger partial charge on any atom is -0.507 e. The fourth-order valence-corrected chi connectivity index (χ4v) is 4.00. The molecule has 178 valence electrons. The average Bonchev–Trinajstić information content (AvgIpc) is 3.14. The van der Waals surface area contributed by atoms with Gasteiger partial charge in [-0.05, 0) is 61.0 Å². The van der Waals surface area contributed by atoms with Crippen LogP contribution in [0.25, 0.3) is 5.76 Å². The summed E-state index contributed by atoms with van der Waals surface area (Å²) in [4.78, 5) is 38.5. The SMILES string of the molecule is CCOc1ccc(C(O)=C2C(=O)C(=O)N(c3ccc(OC)cc3)C2c2cccc([N+](=O)[O-])c2)cc1. The van der Waals surface area contributed by atoms with Crippen molar-refractivity contribution in [3.05, 3.63) is 99.6 Å². The predicted octanol–water partition coefficient (Wildman–Crippen LogP) is 4.63. The van der Waals surface area contributed by atoms with Crippen molar-refractivity contribution < 1.29 is 29.1 Å². The number of hydrogen-bond donors (Lipinski definition) is 1. The summed E-state index contributed by atoms with van der Waals surface area (Å²) in [6.45, 7) is 2.30. The summed E-state index contributed by atoms with van der Waals surface area (Å²) in [5, 5.41) is 22.6. The van der Waals surface area contributed by atoms with E-state index in [1.807, 2.05) is 6.92 Å². The van der Waals surface area contributed by atoms with Crippen LogP contribution in [0, 0.1) is 10.1 Å². The number of benzene rings is 3. The van der Waals surface area contributed by atoms with Gasteiger partial charge in [-0.3, -0.25) is 24.6 Å². The summed E-state index contributed by atoms with van der Waals surface area (Å²) < 4.78 is 10.6. The van der Waals surface area contributed by atoms with E-state index in [0.717, 1.165) is 0 Å². The lowest BCUT2D eigenvalue weighted by molar-refractivity contribution is -0.384. The van der Waals surface area contributed by atoms with E-state index in [1.165, 1.54) is 30.2 Å². The molecule has 9 heteroatoms. The van der Waals surface area contributed by atoms with Crippen molar-refractivity contribution in [1.29, 1.82) is 0 Å². The topological polar surface area (TPSA) is 119 Å². The third-order valence-corrected chi connectivity index (χ3v) is 5.63. The molecule has 3 aromatic rings. The molecular weight excluding hydrogens is 452 g/mol. The van der Waals surface area contributed by atoms with E-state index in [9.17, 15) is 24.8 Å². The molecule has 0 radical (unpaired) electrons. The third-order valence-electron chi connectivity index (χ3n) is 5.63. The van der Waals surface area contributed by atoms with Crippen LogP contribution in [-0.4, -0.2) is 35.4 Å². The van der Waals surface area contributed by atoms with Gasteiger partial charge in [-0.1, -0.05) is 12.1 Å². The van der Waals surface area contributed by atoms with Crippen LogP contribution in [-0.2, 0) is 9.59 Å². The van der Waals surface area contributed by atoms with Gasteiger partial charge in [-0.2, -0.15) is 0 Å². The highest BCUT2D eigenvalue weighted by Crippen LogP contribution is 2.43. The Balaban J connectivity index is 1.90. The standard InChI is InChI=1S/C26H22N2O7/c1-3-35-21-11-7-16(8-12-21)24(29)22-23(17-5-4-6-19(15-17)28(32)33)27(26(31)25(22)30)18-9-13-20(34-2)14-10-18/h4-15,23,29H,3H2,1-2H3. The van der Waals surface area contributed by atoms with E-state index < -0.39 is 22.7 Å². The van der Waals surface area contributed by atoms with Crippen LogP contribution in [0.3, 0.4) is 0 Å². The minimum atomic E-state index is -1.09. The van der Waals surface area contributed by atoms with Crippen LogP contribution in [0.2, 0.25) is 0 Å². The molecule has 0 bridgehead atoms. The first-order chi connectivity index (χ1) is 16.8. The van der Waals surface area contributed by atoms with Crippen molar-refractivity contribution in [3.8, 4) is 11.5 Å². The van der Waals surface area contributed by atoms with E-state index in [4.69, 9.17) is 9.47 Å². The molecule has 0 aromatic heterocycles. The first-order valence-corrected chi connectivity index (χ1v) is 10.8. The van der Waals surface area contributed by atoms with Gasteiger partial charge in [0, 0.05) is 23.4 Å². The van der Waals surface area contributed by atoms with Gasteiger partial charge in [-0.25, -0.2) is 0 Å². The van der Waals surface area contributed by atoms with Crippen LogP contribution in [0.15, 0.2) is 78.4 Å². The zero-order valence-corrected chi connectivity index (χ0v) is 19.0. The van der Waals surface area contributed by atoms with Gasteiger partial charge in [0.25, 0.3) is 17.4 Å². The number of nitrogens with zero attached hydrogens (tertiary/aromatic N) is 2. The highest BCUT2D eigenvalue weighted by Gasteiger charge is 2.47. The number of rotatable bonds is 7. The molecule has 1 amide bonds. The molecule has 1 saturated heterocycles. The Bertz CT molecular complexity index is 1310. The summed E-state index contributed by atoms with van der Waals surface area (Å²) in [5.41, 5.74) is 0.604. The Labute approximate surface area is 201 Å². The van der Waals surface area contributed by atoms with Gasteiger partial charge in [0.15, 0.2) is 0 Å². The molecule has 0 saturated carbocycles. The number of amides is 1. The van der Waals surface area contributed by atoms with E-state index in [1.54, 1.807) is 54.6 Å². The molecule has 1 unspecified atom stereocenters. The van der Waals surface area contributed by atoms with Crippen molar-refractivity contribution in [1.82, 2.24) is 0 Å². The average molecular weight is 474 g/mol.